The number of benzene rings is 1. The lowest BCUT2D eigenvalue weighted by Crippen LogP contribution is -2.32. The van der Waals surface area contributed by atoms with Crippen LogP contribution in [0.1, 0.15) is 18.4 Å². The molecule has 1 fully saturated rings. The van der Waals surface area contributed by atoms with E-state index in [1.807, 2.05) is 0 Å². The quantitative estimate of drug-likeness (QED) is 0.748. The van der Waals surface area contributed by atoms with Gasteiger partial charge in [-0.3, -0.25) is 14.3 Å². The fraction of sp³-hybridized carbons (Fsp3) is 0.467. The van der Waals surface area contributed by atoms with Crippen LogP contribution in [-0.4, -0.2) is 15.3 Å². The summed E-state index contributed by atoms with van der Waals surface area (Å²) in [5, 5.41) is -0.121. The second kappa shape index (κ2) is 5.29. The van der Waals surface area contributed by atoms with E-state index in [0.29, 0.717) is 18.2 Å². The molecule has 24 heavy (non-hydrogen) atoms. The van der Waals surface area contributed by atoms with E-state index in [-0.39, 0.29) is 21.7 Å². The molecular weight excluding hydrogens is 365 g/mol. The average molecular weight is 379 g/mol. The number of hydrogen-bond acceptors (Lipinski definition) is 2. The smallest absolute Gasteiger partial charge is 0.292 e. The minimum absolute atomic E-state index is 0.121. The first-order valence-corrected chi connectivity index (χ1v) is 10.0. The van der Waals surface area contributed by atoms with Crippen LogP contribution in [-0.2, 0) is 12.7 Å². The van der Waals surface area contributed by atoms with Gasteiger partial charge in [0.05, 0.1) is 16.5 Å². The Hall–Kier alpha value is -1.41. The van der Waals surface area contributed by atoms with Crippen molar-refractivity contribution < 1.29 is 13.2 Å². The van der Waals surface area contributed by atoms with Crippen LogP contribution in [0, 0.1) is 11.8 Å². The summed E-state index contributed by atoms with van der Waals surface area (Å²) in [4.78, 5) is 26.8. The van der Waals surface area contributed by atoms with Crippen LogP contribution in [0.4, 0.5) is 13.2 Å². The molecule has 2 heterocycles. The van der Waals surface area contributed by atoms with E-state index in [2.05, 4.69) is 4.98 Å². The number of alkyl halides is 3. The zero-order chi connectivity index (χ0) is 17.2. The first kappa shape index (κ1) is 16.1. The molecule has 0 saturated heterocycles. The van der Waals surface area contributed by atoms with Crippen molar-refractivity contribution in [2.75, 3.05) is 5.75 Å². The molecule has 130 valence electrons. The van der Waals surface area contributed by atoms with Crippen molar-refractivity contribution in [2.24, 2.45) is 11.8 Å². The standard InChI is InChI=1S/C15H14ClF3N2O2S/c16-24-6-8(7-1-2-7)5-21-12-10(13(22)20-14(21)23)3-9(4-11(12)24)15(17,18)19/h3-4,7-8,24H,1-2,5-6H2,(H,20,22,23). The van der Waals surface area contributed by atoms with E-state index in [9.17, 15) is 22.8 Å². The van der Waals surface area contributed by atoms with Crippen molar-refractivity contribution >= 4 is 31.7 Å². The van der Waals surface area contributed by atoms with Crippen molar-refractivity contribution in [3.05, 3.63) is 38.5 Å². The Balaban J connectivity index is 2.06. The molecule has 4 nitrogen and oxygen atoms in total. The molecule has 0 spiro atoms. The molecule has 2 aromatic rings. The summed E-state index contributed by atoms with van der Waals surface area (Å²) >= 11 is 0. The molecule has 2 unspecified atom stereocenters. The summed E-state index contributed by atoms with van der Waals surface area (Å²) in [6, 6.07) is 1.82. The maximum atomic E-state index is 13.2. The average Bonchev–Trinajstić information content (AvgIpc) is 3.32. The molecule has 1 aliphatic heterocycles. The topological polar surface area (TPSA) is 54.9 Å². The molecule has 2 atom stereocenters. The van der Waals surface area contributed by atoms with Crippen LogP contribution in [0.5, 0.6) is 0 Å². The van der Waals surface area contributed by atoms with Gasteiger partial charge < -0.3 is 0 Å². The third kappa shape index (κ3) is 2.56. The van der Waals surface area contributed by atoms with Crippen molar-refractivity contribution in [2.45, 2.75) is 30.5 Å². The number of thiol groups is 1. The largest absolute Gasteiger partial charge is 0.416 e. The SMILES string of the molecule is O=c1[nH]c(=O)n2c3c(cc(C(F)(F)F)cc13)[SH](Cl)CC(C1CC1)C2. The van der Waals surface area contributed by atoms with Gasteiger partial charge in [0, 0.05) is 11.4 Å². The van der Waals surface area contributed by atoms with E-state index in [4.69, 9.17) is 10.7 Å². The van der Waals surface area contributed by atoms with Gasteiger partial charge in [0.1, 0.15) is 0 Å². The maximum Gasteiger partial charge on any atom is 0.416 e. The molecule has 0 radical (unpaired) electrons. The fourth-order valence-corrected chi connectivity index (χ4v) is 6.09. The molecule has 9 heteroatoms. The number of nitrogens with one attached hydrogen (secondary N) is 1. The van der Waals surface area contributed by atoms with Gasteiger partial charge in [-0.25, -0.2) is 4.79 Å². The van der Waals surface area contributed by atoms with Gasteiger partial charge in [0.2, 0.25) is 0 Å². The lowest BCUT2D eigenvalue weighted by molar-refractivity contribution is -0.137. The van der Waals surface area contributed by atoms with Crippen LogP contribution < -0.4 is 11.2 Å². The van der Waals surface area contributed by atoms with E-state index >= 15 is 0 Å². The van der Waals surface area contributed by atoms with Crippen LogP contribution in [0.2, 0.25) is 0 Å². The molecule has 1 aromatic heterocycles. The molecular formula is C15H14ClF3N2O2S. The first-order valence-electron chi connectivity index (χ1n) is 7.57. The number of aromatic nitrogens is 2. The minimum atomic E-state index is -4.58. The molecule has 1 aromatic carbocycles. The Morgan fingerprint density at radius 3 is 2.54 bits per heavy atom. The predicted molar refractivity (Wildman–Crippen MR) is 88.0 cm³/mol. The number of nitrogens with zero attached hydrogens (tertiary/aromatic N) is 1. The van der Waals surface area contributed by atoms with Gasteiger partial charge in [0.15, 0.2) is 0 Å². The van der Waals surface area contributed by atoms with Crippen molar-refractivity contribution in [3.63, 3.8) is 0 Å². The number of hydrogen-bond donors (Lipinski definition) is 2. The third-order valence-electron chi connectivity index (χ3n) is 4.76. The lowest BCUT2D eigenvalue weighted by Gasteiger charge is -2.18. The van der Waals surface area contributed by atoms with Crippen LogP contribution in [0.3, 0.4) is 0 Å². The normalized spacial score (nSPS) is 25.7. The van der Waals surface area contributed by atoms with Crippen LogP contribution >= 0.6 is 20.8 Å². The summed E-state index contributed by atoms with van der Waals surface area (Å²) in [5.74, 6) is 1.17. The van der Waals surface area contributed by atoms with Crippen molar-refractivity contribution in [3.8, 4) is 0 Å². The lowest BCUT2D eigenvalue weighted by atomic mass is 10.1. The molecule has 4 rings (SSSR count). The number of aromatic amines is 1. The molecule has 1 aliphatic carbocycles. The molecule has 1 saturated carbocycles. The Morgan fingerprint density at radius 2 is 1.92 bits per heavy atom. The highest BCUT2D eigenvalue weighted by molar-refractivity contribution is 8.36. The van der Waals surface area contributed by atoms with Gasteiger partial charge in [0.25, 0.3) is 5.56 Å². The Labute approximate surface area is 141 Å². The van der Waals surface area contributed by atoms with E-state index in [1.165, 1.54) is 4.57 Å². The van der Waals surface area contributed by atoms with E-state index in [0.717, 1.165) is 25.0 Å². The summed E-state index contributed by atoms with van der Waals surface area (Å²) in [5.41, 5.74) is -2.02. The van der Waals surface area contributed by atoms with Crippen LogP contribution in [0.15, 0.2) is 26.6 Å². The van der Waals surface area contributed by atoms with E-state index < -0.39 is 33.1 Å². The summed E-state index contributed by atoms with van der Waals surface area (Å²) in [6.07, 6.45) is -2.47. The van der Waals surface area contributed by atoms with Crippen LogP contribution in [0.25, 0.3) is 10.9 Å². The highest BCUT2D eigenvalue weighted by atomic mass is 35.7. The third-order valence-corrected chi connectivity index (χ3v) is 7.37. The number of halogens is 4. The van der Waals surface area contributed by atoms with Gasteiger partial charge in [-0.2, -0.15) is 13.2 Å². The zero-order valence-electron chi connectivity index (χ0n) is 12.4. The first-order chi connectivity index (χ1) is 11.3. The molecule has 0 bridgehead atoms. The second-order valence-electron chi connectivity index (χ2n) is 6.40. The highest BCUT2D eigenvalue weighted by Crippen LogP contribution is 2.52. The second-order valence-corrected chi connectivity index (χ2v) is 9.20. The van der Waals surface area contributed by atoms with Crippen molar-refractivity contribution in [1.82, 2.24) is 9.55 Å². The minimum Gasteiger partial charge on any atom is -0.292 e. The summed E-state index contributed by atoms with van der Waals surface area (Å²) in [7, 11) is 5.10. The highest BCUT2D eigenvalue weighted by Gasteiger charge is 2.37. The summed E-state index contributed by atoms with van der Waals surface area (Å²) < 4.78 is 41.0. The summed E-state index contributed by atoms with van der Waals surface area (Å²) in [6.45, 7) is 0.390. The molecule has 2 aliphatic rings. The Kier molecular flexibility index (Phi) is 3.55. The van der Waals surface area contributed by atoms with Gasteiger partial charge in [-0.05, 0) is 42.6 Å². The monoisotopic (exact) mass is 378 g/mol. The van der Waals surface area contributed by atoms with E-state index in [1.54, 1.807) is 0 Å². The fourth-order valence-electron chi connectivity index (χ4n) is 3.39. The van der Waals surface area contributed by atoms with Crippen molar-refractivity contribution in [1.29, 1.82) is 0 Å². The Morgan fingerprint density at radius 1 is 1.21 bits per heavy atom. The molecule has 0 amide bonds. The number of rotatable bonds is 1. The zero-order valence-corrected chi connectivity index (χ0v) is 14.0. The molecule has 1 N–H and O–H groups in total. The van der Waals surface area contributed by atoms with Gasteiger partial charge in [-0.1, -0.05) is 10.7 Å². The predicted octanol–water partition coefficient (Wildman–Crippen LogP) is 3.26. The maximum absolute atomic E-state index is 13.2. The Bertz CT molecular complexity index is 949. The van der Waals surface area contributed by atoms with Gasteiger partial charge >= 0.3 is 11.9 Å². The van der Waals surface area contributed by atoms with Gasteiger partial charge in [-0.15, -0.1) is 10.1 Å². The number of H-pyrrole nitrogens is 1.